The van der Waals surface area contributed by atoms with Crippen LogP contribution in [0.5, 0.6) is 17.2 Å². The molecule has 11 heteroatoms. The molecule has 4 rings (SSSR count). The van der Waals surface area contributed by atoms with Crippen LogP contribution in [0.25, 0.3) is 22.8 Å². The maximum atomic E-state index is 13.4. The fraction of sp³-hybridized carbons (Fsp3) is 0.310. The molecular formula is C29H32N2O8S. The van der Waals surface area contributed by atoms with Crippen LogP contribution in [0.15, 0.2) is 76.4 Å². The van der Waals surface area contributed by atoms with Crippen molar-refractivity contribution in [1.82, 2.24) is 9.55 Å². The van der Waals surface area contributed by atoms with Crippen molar-refractivity contribution in [2.75, 3.05) is 20.0 Å². The Morgan fingerprint density at radius 1 is 1.00 bits per heavy atom. The molecule has 1 atom stereocenters. The largest absolute Gasteiger partial charge is 0.488 e. The molecule has 212 valence electrons. The van der Waals surface area contributed by atoms with Gasteiger partial charge in [-0.05, 0) is 76.2 Å². The third-order valence-electron chi connectivity index (χ3n) is 5.51. The van der Waals surface area contributed by atoms with E-state index in [4.69, 9.17) is 23.4 Å². The van der Waals surface area contributed by atoms with Gasteiger partial charge in [0.15, 0.2) is 9.84 Å². The molecule has 0 saturated heterocycles. The van der Waals surface area contributed by atoms with Crippen LogP contribution in [-0.2, 0) is 19.3 Å². The fourth-order valence-corrected chi connectivity index (χ4v) is 4.55. The van der Waals surface area contributed by atoms with Gasteiger partial charge in [-0.15, -0.1) is 0 Å². The summed E-state index contributed by atoms with van der Waals surface area (Å²) >= 11 is 0. The molecule has 40 heavy (non-hydrogen) atoms. The van der Waals surface area contributed by atoms with Gasteiger partial charge >= 0.3 is 6.09 Å². The van der Waals surface area contributed by atoms with Gasteiger partial charge in [0.25, 0.3) is 0 Å². The molecule has 0 radical (unpaired) electrons. The lowest BCUT2D eigenvalue weighted by Gasteiger charge is -2.22. The van der Waals surface area contributed by atoms with Crippen molar-refractivity contribution in [1.29, 1.82) is 0 Å². The van der Waals surface area contributed by atoms with Crippen LogP contribution in [0.1, 0.15) is 27.7 Å². The third-order valence-corrected chi connectivity index (χ3v) is 6.64. The van der Waals surface area contributed by atoms with Gasteiger partial charge in [0.1, 0.15) is 40.9 Å². The van der Waals surface area contributed by atoms with Crippen LogP contribution in [0, 0.1) is 0 Å². The molecule has 2 heterocycles. The lowest BCUT2D eigenvalue weighted by atomic mass is 10.1. The van der Waals surface area contributed by atoms with Crippen molar-refractivity contribution >= 4 is 15.9 Å². The molecule has 0 bridgehead atoms. The molecule has 2 aromatic heterocycles. The van der Waals surface area contributed by atoms with Gasteiger partial charge in [-0.1, -0.05) is 0 Å². The Balaban J connectivity index is 1.81. The first-order valence-corrected chi connectivity index (χ1v) is 14.4. The van der Waals surface area contributed by atoms with Crippen LogP contribution < -0.4 is 9.47 Å². The van der Waals surface area contributed by atoms with Gasteiger partial charge in [-0.25, -0.2) is 22.8 Å². The van der Waals surface area contributed by atoms with Gasteiger partial charge in [0.05, 0.1) is 23.4 Å². The molecule has 4 aromatic rings. The van der Waals surface area contributed by atoms with Crippen molar-refractivity contribution in [3.63, 3.8) is 0 Å². The standard InChI is InChI=1S/C29H32N2O8S/c1-19(18-35-5)37-22-15-20(16-23(17-22)38-21-7-9-24(10-8-21)40(6,33)34)25-11-12-26(27-30-13-14-36-27)31(25)28(32)39-29(2,3)4/h7-17,19H,18H2,1-6H3/t19-/m0/s1. The van der Waals surface area contributed by atoms with Gasteiger partial charge < -0.3 is 23.4 Å². The molecule has 0 saturated carbocycles. The van der Waals surface area contributed by atoms with E-state index in [0.717, 1.165) is 6.26 Å². The van der Waals surface area contributed by atoms with E-state index in [2.05, 4.69) is 4.98 Å². The summed E-state index contributed by atoms with van der Waals surface area (Å²) in [5, 5.41) is 0. The van der Waals surface area contributed by atoms with Crippen molar-refractivity contribution < 1.29 is 36.6 Å². The van der Waals surface area contributed by atoms with E-state index < -0.39 is 21.5 Å². The van der Waals surface area contributed by atoms with Gasteiger partial charge in [-0.3, -0.25) is 0 Å². The summed E-state index contributed by atoms with van der Waals surface area (Å²) in [6, 6.07) is 14.8. The second-order valence-electron chi connectivity index (χ2n) is 10.2. The van der Waals surface area contributed by atoms with Crippen LogP contribution in [-0.4, -0.2) is 55.7 Å². The summed E-state index contributed by atoms with van der Waals surface area (Å²) in [5.74, 6) is 1.54. The molecule has 0 unspecified atom stereocenters. The number of nitrogens with zero attached hydrogens (tertiary/aromatic N) is 2. The first-order chi connectivity index (χ1) is 18.8. The highest BCUT2D eigenvalue weighted by Gasteiger charge is 2.26. The maximum Gasteiger partial charge on any atom is 0.419 e. The number of oxazole rings is 1. The number of rotatable bonds is 9. The molecule has 0 aliphatic rings. The highest BCUT2D eigenvalue weighted by atomic mass is 32.2. The van der Waals surface area contributed by atoms with Crippen LogP contribution in [0.2, 0.25) is 0 Å². The minimum Gasteiger partial charge on any atom is -0.488 e. The van der Waals surface area contributed by atoms with E-state index >= 15 is 0 Å². The summed E-state index contributed by atoms with van der Waals surface area (Å²) in [6.07, 6.45) is 3.17. The summed E-state index contributed by atoms with van der Waals surface area (Å²) in [7, 11) is -1.76. The van der Waals surface area contributed by atoms with E-state index in [0.29, 0.717) is 40.8 Å². The number of hydrogen-bond acceptors (Lipinski definition) is 9. The average Bonchev–Trinajstić information content (AvgIpc) is 3.53. The molecule has 0 fully saturated rings. The number of methoxy groups -OCH3 is 1. The van der Waals surface area contributed by atoms with E-state index in [-0.39, 0.29) is 16.9 Å². The Kier molecular flexibility index (Phi) is 8.36. The van der Waals surface area contributed by atoms with Gasteiger partial charge in [-0.2, -0.15) is 0 Å². The molecule has 0 spiro atoms. The molecule has 0 N–H and O–H groups in total. The molecule has 10 nitrogen and oxygen atoms in total. The number of aromatic nitrogens is 2. The monoisotopic (exact) mass is 568 g/mol. The zero-order valence-corrected chi connectivity index (χ0v) is 24.0. The van der Waals surface area contributed by atoms with Gasteiger partial charge in [0, 0.05) is 25.0 Å². The lowest BCUT2D eigenvalue weighted by Crippen LogP contribution is -2.28. The molecule has 0 aliphatic carbocycles. The maximum absolute atomic E-state index is 13.4. The number of sulfone groups is 1. The molecule has 0 amide bonds. The van der Waals surface area contributed by atoms with Crippen molar-refractivity contribution in [3.8, 4) is 40.1 Å². The number of carbonyl (C=O) groups is 1. The summed E-state index contributed by atoms with van der Waals surface area (Å²) in [5.41, 5.74) is 0.740. The summed E-state index contributed by atoms with van der Waals surface area (Å²) in [6.45, 7) is 7.57. The number of ether oxygens (including phenoxy) is 4. The number of benzene rings is 2. The Bertz CT molecular complexity index is 1570. The van der Waals surface area contributed by atoms with E-state index in [1.54, 1.807) is 70.3 Å². The van der Waals surface area contributed by atoms with Gasteiger partial charge in [0.2, 0.25) is 5.89 Å². The number of carbonyl (C=O) groups excluding carboxylic acids is 1. The Morgan fingerprint density at radius 2 is 1.68 bits per heavy atom. The molecular weight excluding hydrogens is 536 g/mol. The molecule has 2 aromatic carbocycles. The molecule has 0 aliphatic heterocycles. The normalized spacial score (nSPS) is 12.7. The smallest absolute Gasteiger partial charge is 0.419 e. The zero-order chi connectivity index (χ0) is 29.1. The van der Waals surface area contributed by atoms with Crippen LogP contribution >= 0.6 is 0 Å². The van der Waals surface area contributed by atoms with E-state index in [1.165, 1.54) is 29.2 Å². The number of hydrogen-bond donors (Lipinski definition) is 0. The second kappa shape index (κ2) is 11.6. The highest BCUT2D eigenvalue weighted by Crippen LogP contribution is 2.36. The summed E-state index contributed by atoms with van der Waals surface area (Å²) < 4.78 is 53.6. The third kappa shape index (κ3) is 7.10. The van der Waals surface area contributed by atoms with Crippen LogP contribution in [0.3, 0.4) is 0 Å². The SMILES string of the molecule is COC[C@H](C)Oc1cc(Oc2ccc(S(C)(=O)=O)cc2)cc(-c2ccc(-c3ncco3)n2C(=O)OC(C)(C)C)c1. The lowest BCUT2D eigenvalue weighted by molar-refractivity contribution is 0.0542. The first kappa shape index (κ1) is 28.9. The highest BCUT2D eigenvalue weighted by molar-refractivity contribution is 7.90. The first-order valence-electron chi connectivity index (χ1n) is 12.5. The van der Waals surface area contributed by atoms with Crippen molar-refractivity contribution in [2.45, 2.75) is 44.3 Å². The van der Waals surface area contributed by atoms with Crippen LogP contribution in [0.4, 0.5) is 4.79 Å². The van der Waals surface area contributed by atoms with Crippen molar-refractivity contribution in [3.05, 3.63) is 67.1 Å². The topological polar surface area (TPSA) is 119 Å². The Labute approximate surface area is 233 Å². The second-order valence-corrected chi connectivity index (χ2v) is 12.2. The predicted octanol–water partition coefficient (Wildman–Crippen LogP) is 6.20. The fourth-order valence-electron chi connectivity index (χ4n) is 3.92. The summed E-state index contributed by atoms with van der Waals surface area (Å²) in [4.78, 5) is 17.8. The predicted molar refractivity (Wildman–Crippen MR) is 149 cm³/mol. The minimum atomic E-state index is -3.35. The minimum absolute atomic E-state index is 0.181. The van der Waals surface area contributed by atoms with E-state index in [9.17, 15) is 13.2 Å². The Morgan fingerprint density at radius 3 is 2.27 bits per heavy atom. The Hall–Kier alpha value is -4.09. The van der Waals surface area contributed by atoms with Crippen molar-refractivity contribution in [2.24, 2.45) is 0 Å². The zero-order valence-electron chi connectivity index (χ0n) is 23.2. The quantitative estimate of drug-likeness (QED) is 0.232. The average molecular weight is 569 g/mol. The van der Waals surface area contributed by atoms with E-state index in [1.807, 2.05) is 6.92 Å².